The molecule has 0 atom stereocenters. The van der Waals surface area contributed by atoms with Gasteiger partial charge in [0.1, 0.15) is 0 Å². The third kappa shape index (κ3) is 6.51. The highest BCUT2D eigenvalue weighted by Gasteiger charge is 2.10. The van der Waals surface area contributed by atoms with E-state index in [0.29, 0.717) is 18.0 Å². The molecule has 2 N–H and O–H groups in total. The molecule has 0 aliphatic rings. The fraction of sp³-hybridized carbons (Fsp3) is 0.412. The first kappa shape index (κ1) is 22.8. The fourth-order valence-corrected chi connectivity index (χ4v) is 4.07. The lowest BCUT2D eigenvalue weighted by atomic mass is 10.1. The van der Waals surface area contributed by atoms with Gasteiger partial charge in [0, 0.05) is 17.7 Å². The summed E-state index contributed by atoms with van der Waals surface area (Å²) >= 11 is 1.62. The largest absolute Gasteiger partial charge is 0.357 e. The van der Waals surface area contributed by atoms with Gasteiger partial charge >= 0.3 is 0 Å². The number of nitrogens with zero attached hydrogens (tertiary/aromatic N) is 2. The molecule has 2 rings (SSSR count). The first-order valence-electron chi connectivity index (χ1n) is 8.02. The third-order valence-electron chi connectivity index (χ3n) is 3.66. The van der Waals surface area contributed by atoms with Crippen molar-refractivity contribution in [1.29, 1.82) is 0 Å². The van der Waals surface area contributed by atoms with Crippen molar-refractivity contribution in [3.05, 3.63) is 45.4 Å². The van der Waals surface area contributed by atoms with Crippen molar-refractivity contribution >= 4 is 51.1 Å². The van der Waals surface area contributed by atoms with Crippen LogP contribution in [0.3, 0.4) is 0 Å². The minimum absolute atomic E-state index is 0. The number of sulfone groups is 1. The van der Waals surface area contributed by atoms with Crippen LogP contribution in [-0.4, -0.2) is 32.2 Å². The van der Waals surface area contributed by atoms with Gasteiger partial charge < -0.3 is 10.6 Å². The van der Waals surface area contributed by atoms with E-state index in [1.807, 2.05) is 31.5 Å². The Morgan fingerprint density at radius 3 is 2.54 bits per heavy atom. The monoisotopic (exact) mass is 508 g/mol. The lowest BCUT2D eigenvalue weighted by molar-refractivity contribution is 0.601. The lowest BCUT2D eigenvalue weighted by Gasteiger charge is -2.11. The number of halogens is 1. The third-order valence-corrected chi connectivity index (χ3v) is 5.86. The Morgan fingerprint density at radius 2 is 2.00 bits per heavy atom. The predicted molar refractivity (Wildman–Crippen MR) is 118 cm³/mol. The van der Waals surface area contributed by atoms with Crippen LogP contribution in [0.2, 0.25) is 0 Å². The fourth-order valence-electron chi connectivity index (χ4n) is 2.40. The van der Waals surface area contributed by atoms with Crippen molar-refractivity contribution < 1.29 is 8.42 Å². The number of guanidine groups is 1. The Hall–Kier alpha value is -1.20. The zero-order chi connectivity index (χ0) is 18.4. The number of rotatable bonds is 6. The van der Waals surface area contributed by atoms with Crippen LogP contribution in [0.25, 0.3) is 0 Å². The first-order valence-corrected chi connectivity index (χ1v) is 10.8. The molecule has 1 aromatic heterocycles. The molecule has 0 aliphatic heterocycles. The number of aliphatic imine (C=N–C) groups is 1. The number of aryl methyl sites for hydroxylation is 2. The van der Waals surface area contributed by atoms with E-state index in [0.717, 1.165) is 29.3 Å². The Morgan fingerprint density at radius 1 is 1.27 bits per heavy atom. The van der Waals surface area contributed by atoms with Gasteiger partial charge in [0.15, 0.2) is 15.8 Å². The SMILES string of the molecule is CCNC(=NCc1ccc(S(C)(=O)=O)c(C)c1)NCc1scnc1C.I. The lowest BCUT2D eigenvalue weighted by Crippen LogP contribution is -2.36. The van der Waals surface area contributed by atoms with Crippen LogP contribution in [0.4, 0.5) is 0 Å². The molecule has 0 saturated carbocycles. The molecular weight excluding hydrogens is 483 g/mol. The minimum Gasteiger partial charge on any atom is -0.357 e. The van der Waals surface area contributed by atoms with Crippen LogP contribution in [0.1, 0.15) is 28.6 Å². The van der Waals surface area contributed by atoms with Gasteiger partial charge in [-0.25, -0.2) is 18.4 Å². The van der Waals surface area contributed by atoms with Gasteiger partial charge in [-0.1, -0.05) is 12.1 Å². The molecule has 1 aromatic carbocycles. The van der Waals surface area contributed by atoms with Crippen LogP contribution in [0, 0.1) is 13.8 Å². The normalized spacial score (nSPS) is 11.8. The Labute approximate surface area is 176 Å². The van der Waals surface area contributed by atoms with Crippen LogP contribution in [0.15, 0.2) is 33.6 Å². The molecule has 144 valence electrons. The van der Waals surface area contributed by atoms with E-state index in [-0.39, 0.29) is 24.0 Å². The number of hydrogen-bond acceptors (Lipinski definition) is 5. The molecule has 0 bridgehead atoms. The van der Waals surface area contributed by atoms with Crippen molar-refractivity contribution in [2.45, 2.75) is 38.8 Å². The van der Waals surface area contributed by atoms with Crippen LogP contribution >= 0.6 is 35.3 Å². The summed E-state index contributed by atoms with van der Waals surface area (Å²) in [6.45, 7) is 7.72. The summed E-state index contributed by atoms with van der Waals surface area (Å²) in [6, 6.07) is 5.33. The first-order chi connectivity index (χ1) is 11.8. The maximum atomic E-state index is 11.7. The van der Waals surface area contributed by atoms with Crippen molar-refractivity contribution in [3.63, 3.8) is 0 Å². The second-order valence-corrected chi connectivity index (χ2v) is 8.71. The van der Waals surface area contributed by atoms with Gasteiger partial charge in [-0.05, 0) is 38.0 Å². The molecule has 1 heterocycles. The molecule has 6 nitrogen and oxygen atoms in total. The number of thiazole rings is 1. The summed E-state index contributed by atoms with van der Waals surface area (Å²) in [4.78, 5) is 10.4. The van der Waals surface area contributed by atoms with Crippen LogP contribution in [0.5, 0.6) is 0 Å². The zero-order valence-corrected chi connectivity index (χ0v) is 19.3. The predicted octanol–water partition coefficient (Wildman–Crippen LogP) is 3.04. The minimum atomic E-state index is -3.19. The molecule has 0 radical (unpaired) electrons. The molecule has 2 aromatic rings. The van der Waals surface area contributed by atoms with Gasteiger partial charge in [0.2, 0.25) is 0 Å². The summed E-state index contributed by atoms with van der Waals surface area (Å²) in [5.74, 6) is 0.722. The Bertz CT molecular complexity index is 863. The molecule has 0 amide bonds. The Kier molecular flexibility index (Phi) is 8.97. The average molecular weight is 508 g/mol. The van der Waals surface area contributed by atoms with E-state index in [2.05, 4.69) is 20.6 Å². The number of aromatic nitrogens is 1. The summed E-state index contributed by atoms with van der Waals surface area (Å²) in [5, 5.41) is 6.51. The molecule has 0 fully saturated rings. The van der Waals surface area contributed by atoms with E-state index in [9.17, 15) is 8.42 Å². The quantitative estimate of drug-likeness (QED) is 0.356. The summed E-state index contributed by atoms with van der Waals surface area (Å²) in [6.07, 6.45) is 1.22. The molecule has 0 saturated heterocycles. The Balaban J connectivity index is 0.00000338. The average Bonchev–Trinajstić information content (AvgIpc) is 2.94. The number of nitrogens with one attached hydrogen (secondary N) is 2. The molecule has 0 spiro atoms. The van der Waals surface area contributed by atoms with E-state index >= 15 is 0 Å². The highest BCUT2D eigenvalue weighted by atomic mass is 127. The number of benzene rings is 1. The van der Waals surface area contributed by atoms with Crippen LogP contribution < -0.4 is 10.6 Å². The van der Waals surface area contributed by atoms with Crippen molar-refractivity contribution in [1.82, 2.24) is 15.6 Å². The zero-order valence-electron chi connectivity index (χ0n) is 15.4. The number of hydrogen-bond donors (Lipinski definition) is 2. The van der Waals surface area contributed by atoms with E-state index in [1.165, 1.54) is 11.1 Å². The molecule has 0 aliphatic carbocycles. The van der Waals surface area contributed by atoms with Gasteiger partial charge in [-0.15, -0.1) is 35.3 Å². The topological polar surface area (TPSA) is 83.5 Å². The molecule has 26 heavy (non-hydrogen) atoms. The summed E-state index contributed by atoms with van der Waals surface area (Å²) < 4.78 is 23.4. The molecule has 0 unspecified atom stereocenters. The van der Waals surface area contributed by atoms with Gasteiger partial charge in [0.25, 0.3) is 0 Å². The summed E-state index contributed by atoms with van der Waals surface area (Å²) in [7, 11) is -3.19. The highest BCUT2D eigenvalue weighted by Crippen LogP contribution is 2.17. The van der Waals surface area contributed by atoms with Crippen LogP contribution in [-0.2, 0) is 22.9 Å². The highest BCUT2D eigenvalue weighted by molar-refractivity contribution is 14.0. The van der Waals surface area contributed by atoms with E-state index in [1.54, 1.807) is 24.3 Å². The standard InChI is InChI=1S/C17H24N4O2S2.HI/c1-5-18-17(20-10-15-13(3)21-11-24-15)19-9-14-6-7-16(12(2)8-14)25(4,22)23;/h6-8,11H,5,9-10H2,1-4H3,(H2,18,19,20);1H. The van der Waals surface area contributed by atoms with Gasteiger partial charge in [0.05, 0.1) is 29.2 Å². The van der Waals surface area contributed by atoms with Crippen molar-refractivity contribution in [2.24, 2.45) is 4.99 Å². The van der Waals surface area contributed by atoms with Gasteiger partial charge in [-0.2, -0.15) is 0 Å². The van der Waals surface area contributed by atoms with E-state index < -0.39 is 9.84 Å². The second-order valence-electron chi connectivity index (χ2n) is 5.78. The van der Waals surface area contributed by atoms with Gasteiger partial charge in [-0.3, -0.25) is 0 Å². The molecule has 9 heteroatoms. The van der Waals surface area contributed by atoms with E-state index in [4.69, 9.17) is 0 Å². The summed E-state index contributed by atoms with van der Waals surface area (Å²) in [5.41, 5.74) is 4.58. The maximum Gasteiger partial charge on any atom is 0.191 e. The van der Waals surface area contributed by atoms with Crippen molar-refractivity contribution in [3.8, 4) is 0 Å². The second kappa shape index (κ2) is 10.2. The maximum absolute atomic E-state index is 11.7. The smallest absolute Gasteiger partial charge is 0.191 e. The molecular formula is C17H25IN4O2S2. The van der Waals surface area contributed by atoms with Crippen molar-refractivity contribution in [2.75, 3.05) is 12.8 Å².